The quantitative estimate of drug-likeness (QED) is 0.275. The molecular formula is C15H21N7O7. The summed E-state index contributed by atoms with van der Waals surface area (Å²) in [6.07, 6.45) is -7.99. The number of amides is 1. The number of imidazole rings is 1. The number of Topliss-reactive ketones (excluding diaryl/α,β-unsaturated/α-hetero) is 1. The van der Waals surface area contributed by atoms with Crippen LogP contribution in [0, 0.1) is 0 Å². The second-order valence-electron chi connectivity index (χ2n) is 6.58. The van der Waals surface area contributed by atoms with Crippen LogP contribution in [0.25, 0.3) is 11.2 Å². The van der Waals surface area contributed by atoms with Gasteiger partial charge in [-0.2, -0.15) is 0 Å². The lowest BCUT2D eigenvalue weighted by Gasteiger charge is -2.26. The van der Waals surface area contributed by atoms with Crippen molar-refractivity contribution in [3.05, 3.63) is 12.7 Å². The highest BCUT2D eigenvalue weighted by molar-refractivity contribution is 5.90. The first-order valence-electron chi connectivity index (χ1n) is 8.51. The molecule has 1 aliphatic rings. The lowest BCUT2D eigenvalue weighted by Crippen LogP contribution is -2.54. The van der Waals surface area contributed by atoms with Gasteiger partial charge in [0, 0.05) is 0 Å². The zero-order valence-electron chi connectivity index (χ0n) is 15.2. The van der Waals surface area contributed by atoms with Crippen LogP contribution in [0.2, 0.25) is 0 Å². The molecule has 0 saturated carbocycles. The highest BCUT2D eigenvalue weighted by Gasteiger charge is 2.52. The Morgan fingerprint density at radius 3 is 2.59 bits per heavy atom. The molecule has 14 nitrogen and oxygen atoms in total. The van der Waals surface area contributed by atoms with E-state index in [1.165, 1.54) is 24.1 Å². The summed E-state index contributed by atoms with van der Waals surface area (Å²) in [7, 11) is 0. The monoisotopic (exact) mass is 411 g/mol. The normalized spacial score (nSPS) is 27.5. The van der Waals surface area contributed by atoms with Crippen molar-refractivity contribution in [3.8, 4) is 0 Å². The minimum absolute atomic E-state index is 0.0892. The van der Waals surface area contributed by atoms with Crippen LogP contribution < -0.4 is 17.2 Å². The summed E-state index contributed by atoms with van der Waals surface area (Å²) in [6, 6.07) is -1.45. The average Bonchev–Trinajstić information content (AvgIpc) is 3.21. The molecule has 9 N–H and O–H groups in total. The Hall–Kier alpha value is -2.91. The second-order valence-corrected chi connectivity index (χ2v) is 6.58. The molecule has 1 saturated heterocycles. The molecular weight excluding hydrogens is 390 g/mol. The third-order valence-electron chi connectivity index (χ3n) is 4.61. The molecule has 3 rings (SSSR count). The number of aliphatic hydroxyl groups excluding tert-OH is 3. The zero-order valence-corrected chi connectivity index (χ0v) is 15.2. The van der Waals surface area contributed by atoms with Crippen LogP contribution in [0.1, 0.15) is 13.2 Å². The fourth-order valence-corrected chi connectivity index (χ4v) is 3.06. The van der Waals surface area contributed by atoms with Gasteiger partial charge in [0.15, 0.2) is 29.6 Å². The Balaban J connectivity index is 1.94. The highest BCUT2D eigenvalue weighted by Crippen LogP contribution is 2.34. The van der Waals surface area contributed by atoms with E-state index < -0.39 is 54.7 Å². The predicted octanol–water partition coefficient (Wildman–Crippen LogP) is -3.23. The van der Waals surface area contributed by atoms with E-state index in [1.54, 1.807) is 0 Å². The van der Waals surface area contributed by atoms with Gasteiger partial charge < -0.3 is 42.0 Å². The van der Waals surface area contributed by atoms with Crippen molar-refractivity contribution < 1.29 is 34.4 Å². The summed E-state index contributed by atoms with van der Waals surface area (Å²) >= 11 is 0. The van der Waals surface area contributed by atoms with Gasteiger partial charge in [-0.25, -0.2) is 19.7 Å². The summed E-state index contributed by atoms with van der Waals surface area (Å²) in [5, 5.41) is 30.5. The summed E-state index contributed by atoms with van der Waals surface area (Å²) in [6.45, 7) is 1.26. The van der Waals surface area contributed by atoms with E-state index in [4.69, 9.17) is 26.7 Å². The molecule has 7 atom stereocenters. The van der Waals surface area contributed by atoms with Gasteiger partial charge in [-0.05, 0) is 6.92 Å². The summed E-state index contributed by atoms with van der Waals surface area (Å²) < 4.78 is 11.7. The maximum atomic E-state index is 12.6. The molecule has 29 heavy (non-hydrogen) atoms. The molecule has 0 aromatic carbocycles. The molecule has 0 bridgehead atoms. The van der Waals surface area contributed by atoms with E-state index in [9.17, 15) is 24.9 Å². The first kappa shape index (κ1) is 20.8. The summed E-state index contributed by atoms with van der Waals surface area (Å²) in [5.74, 6) is -0.857. The third-order valence-corrected chi connectivity index (χ3v) is 4.61. The van der Waals surface area contributed by atoms with Crippen molar-refractivity contribution in [1.82, 2.24) is 19.5 Å². The van der Waals surface area contributed by atoms with Gasteiger partial charge in [0.25, 0.3) is 0 Å². The highest BCUT2D eigenvalue weighted by atomic mass is 16.6. The number of ketones is 1. The van der Waals surface area contributed by atoms with E-state index in [-0.39, 0.29) is 17.0 Å². The molecule has 1 unspecified atom stereocenters. The molecule has 0 radical (unpaired) electrons. The Kier molecular flexibility index (Phi) is 5.63. The molecule has 1 aliphatic heterocycles. The SMILES string of the molecule is C[C@@H](O)[C@H](N)C(=O)C(OC(N)=O)[C@H]1O[C@@H](n2cnc3c(N)ncnc32)[C@H](O)[C@@H]1O. The fraction of sp³-hybridized carbons (Fsp3) is 0.533. The summed E-state index contributed by atoms with van der Waals surface area (Å²) in [5.41, 5.74) is 16.8. The van der Waals surface area contributed by atoms with Gasteiger partial charge in [0.1, 0.15) is 30.2 Å². The third kappa shape index (κ3) is 3.70. The van der Waals surface area contributed by atoms with E-state index in [2.05, 4.69) is 15.0 Å². The Labute approximate surface area is 163 Å². The summed E-state index contributed by atoms with van der Waals surface area (Å²) in [4.78, 5) is 35.7. The predicted molar refractivity (Wildman–Crippen MR) is 94.8 cm³/mol. The van der Waals surface area contributed by atoms with Gasteiger partial charge in [-0.15, -0.1) is 0 Å². The number of nitrogens with zero attached hydrogens (tertiary/aromatic N) is 4. The molecule has 2 aromatic rings. The number of nitrogen functional groups attached to an aromatic ring is 1. The topological polar surface area (TPSA) is 235 Å². The standard InChI is InChI=1S/C15H21N7O7/c1-4(23)5(16)7(24)10(29-15(18)27)11-8(25)9(26)14(28-11)22-3-21-6-12(17)19-2-20-13(6)22/h2-5,8-11,14,23,25-26H,16H2,1H3,(H2,18,27)(H2,17,19,20)/t4-,5+,8+,9-,10?,11+,14-/m1/s1. The number of nitrogens with two attached hydrogens (primary N) is 3. The molecule has 1 fully saturated rings. The molecule has 0 aliphatic carbocycles. The number of carbonyl (C=O) groups excluding carboxylic acids is 2. The van der Waals surface area contributed by atoms with Crippen molar-refractivity contribution in [2.75, 3.05) is 5.73 Å². The smallest absolute Gasteiger partial charge is 0.405 e. The number of aliphatic hydroxyl groups is 3. The maximum Gasteiger partial charge on any atom is 0.405 e. The second kappa shape index (κ2) is 7.84. The van der Waals surface area contributed by atoms with Crippen molar-refractivity contribution in [3.63, 3.8) is 0 Å². The van der Waals surface area contributed by atoms with Crippen LogP contribution in [0.5, 0.6) is 0 Å². The first-order valence-corrected chi connectivity index (χ1v) is 8.51. The molecule has 3 heterocycles. The number of carbonyl (C=O) groups is 2. The number of ether oxygens (including phenoxy) is 2. The lowest BCUT2D eigenvalue weighted by molar-refractivity contribution is -0.144. The van der Waals surface area contributed by atoms with Crippen LogP contribution in [0.3, 0.4) is 0 Å². The Morgan fingerprint density at radius 2 is 1.97 bits per heavy atom. The lowest BCUT2D eigenvalue weighted by atomic mass is 9.96. The van der Waals surface area contributed by atoms with E-state index in [1.807, 2.05) is 0 Å². The number of hydrogen-bond acceptors (Lipinski definition) is 12. The van der Waals surface area contributed by atoms with Gasteiger partial charge in [0.05, 0.1) is 18.5 Å². The Bertz CT molecular complexity index is 920. The van der Waals surface area contributed by atoms with Crippen LogP contribution in [0.15, 0.2) is 12.7 Å². The van der Waals surface area contributed by atoms with E-state index in [0.29, 0.717) is 0 Å². The average molecular weight is 411 g/mol. The van der Waals surface area contributed by atoms with Crippen molar-refractivity contribution in [2.24, 2.45) is 11.5 Å². The van der Waals surface area contributed by atoms with Crippen molar-refractivity contribution >= 4 is 28.9 Å². The molecule has 2 aromatic heterocycles. The first-order chi connectivity index (χ1) is 13.6. The minimum atomic E-state index is -1.78. The van der Waals surface area contributed by atoms with Crippen LogP contribution in [-0.4, -0.2) is 83.3 Å². The number of rotatable bonds is 6. The number of fused-ring (bicyclic) bond motifs is 1. The van der Waals surface area contributed by atoms with Gasteiger partial charge in [-0.3, -0.25) is 9.36 Å². The Morgan fingerprint density at radius 1 is 1.28 bits per heavy atom. The van der Waals surface area contributed by atoms with E-state index >= 15 is 0 Å². The number of primary amides is 1. The van der Waals surface area contributed by atoms with Gasteiger partial charge in [0.2, 0.25) is 0 Å². The van der Waals surface area contributed by atoms with E-state index in [0.717, 1.165) is 0 Å². The van der Waals surface area contributed by atoms with Gasteiger partial charge >= 0.3 is 6.09 Å². The van der Waals surface area contributed by atoms with Gasteiger partial charge in [-0.1, -0.05) is 0 Å². The van der Waals surface area contributed by atoms with Crippen LogP contribution in [0.4, 0.5) is 10.6 Å². The molecule has 14 heteroatoms. The van der Waals surface area contributed by atoms with Crippen LogP contribution >= 0.6 is 0 Å². The molecule has 158 valence electrons. The minimum Gasteiger partial charge on any atom is -0.435 e. The van der Waals surface area contributed by atoms with Crippen LogP contribution in [-0.2, 0) is 14.3 Å². The fourth-order valence-electron chi connectivity index (χ4n) is 3.06. The number of anilines is 1. The zero-order chi connectivity index (χ0) is 21.5. The largest absolute Gasteiger partial charge is 0.435 e. The maximum absolute atomic E-state index is 12.6. The number of aromatic nitrogens is 4. The number of hydrogen-bond donors (Lipinski definition) is 6. The van der Waals surface area contributed by atoms with Crippen molar-refractivity contribution in [1.29, 1.82) is 0 Å². The van der Waals surface area contributed by atoms with Crippen molar-refractivity contribution in [2.45, 2.75) is 49.7 Å². The molecule has 1 amide bonds. The molecule has 0 spiro atoms.